The van der Waals surface area contributed by atoms with Crippen LogP contribution in [0.15, 0.2) is 52.9 Å². The van der Waals surface area contributed by atoms with Gasteiger partial charge >= 0.3 is 0 Å². The summed E-state index contributed by atoms with van der Waals surface area (Å²) in [5.41, 5.74) is 0.139. The van der Waals surface area contributed by atoms with Crippen LogP contribution < -0.4 is 15.6 Å². The molecule has 1 aromatic heterocycles. The van der Waals surface area contributed by atoms with Gasteiger partial charge in [0.2, 0.25) is 5.55 Å². The molecule has 0 fully saturated rings. The summed E-state index contributed by atoms with van der Waals surface area (Å²) < 4.78 is 24.6. The molecule has 1 heterocycles. The van der Waals surface area contributed by atoms with Gasteiger partial charge in [0.1, 0.15) is 11.4 Å². The Bertz CT molecular complexity index is 966. The van der Waals surface area contributed by atoms with Crippen LogP contribution in [0.5, 0.6) is 5.75 Å². The van der Waals surface area contributed by atoms with Gasteiger partial charge in [0.25, 0.3) is 5.91 Å². The van der Waals surface area contributed by atoms with Crippen LogP contribution in [0.1, 0.15) is 17.3 Å². The van der Waals surface area contributed by atoms with Crippen molar-refractivity contribution >= 4 is 22.6 Å². The second-order valence-electron chi connectivity index (χ2n) is 5.03. The Labute approximate surface area is 137 Å². The first-order valence-electron chi connectivity index (χ1n) is 7.40. The minimum absolute atomic E-state index is 0.0133. The van der Waals surface area contributed by atoms with Gasteiger partial charge in [-0.1, -0.05) is 24.3 Å². The molecule has 1 amide bonds. The van der Waals surface area contributed by atoms with Crippen LogP contribution in [0.3, 0.4) is 0 Å². The van der Waals surface area contributed by atoms with E-state index in [1.807, 2.05) is 6.92 Å². The third kappa shape index (κ3) is 2.99. The molecule has 3 rings (SSSR count). The summed E-state index contributed by atoms with van der Waals surface area (Å²) in [4.78, 5) is 12.4. The van der Waals surface area contributed by atoms with Crippen molar-refractivity contribution in [3.63, 3.8) is 0 Å². The number of ether oxygens (including phenoxy) is 1. The van der Waals surface area contributed by atoms with E-state index in [-0.39, 0.29) is 16.8 Å². The molecule has 0 atom stereocenters. The fraction of sp³-hybridized carbons (Fsp3) is 0.111. The Morgan fingerprint density at radius 2 is 2.04 bits per heavy atom. The van der Waals surface area contributed by atoms with E-state index < -0.39 is 11.7 Å². The number of amides is 1. The Morgan fingerprint density at radius 1 is 1.25 bits per heavy atom. The second-order valence-corrected chi connectivity index (χ2v) is 5.03. The highest BCUT2D eigenvalue weighted by molar-refractivity contribution is 6.05. The number of hydrogen-bond acceptors (Lipinski definition) is 4. The van der Waals surface area contributed by atoms with Crippen molar-refractivity contribution in [1.82, 2.24) is 0 Å². The van der Waals surface area contributed by atoms with Crippen molar-refractivity contribution in [3.8, 4) is 5.75 Å². The topological polar surface area (TPSA) is 75.3 Å². The van der Waals surface area contributed by atoms with Crippen molar-refractivity contribution in [2.24, 2.45) is 0 Å². The molecule has 0 bridgehead atoms. The molecule has 2 aromatic carbocycles. The summed E-state index contributed by atoms with van der Waals surface area (Å²) >= 11 is 0. The lowest BCUT2D eigenvalue weighted by Crippen LogP contribution is -2.21. The highest BCUT2D eigenvalue weighted by atomic mass is 19.1. The van der Waals surface area contributed by atoms with E-state index in [1.165, 1.54) is 24.3 Å². The second kappa shape index (κ2) is 6.54. The smallest absolute Gasteiger partial charge is 0.261 e. The number of rotatable bonds is 4. The predicted octanol–water partition coefficient (Wildman–Crippen LogP) is 3.70. The number of carbonyl (C=O) groups excluding carboxylic acids is 1. The van der Waals surface area contributed by atoms with Gasteiger partial charge in [0.05, 0.1) is 12.3 Å². The van der Waals surface area contributed by atoms with Crippen LogP contribution in [0, 0.1) is 11.2 Å². The molecule has 0 spiro atoms. The predicted molar refractivity (Wildman–Crippen MR) is 87.6 cm³/mol. The summed E-state index contributed by atoms with van der Waals surface area (Å²) in [6.07, 6.45) is 0. The fourth-order valence-corrected chi connectivity index (χ4v) is 2.32. The summed E-state index contributed by atoms with van der Waals surface area (Å²) in [7, 11) is 0. The number of hydrogen-bond donors (Lipinski definition) is 2. The van der Waals surface area contributed by atoms with E-state index in [9.17, 15) is 9.18 Å². The Morgan fingerprint density at radius 3 is 2.79 bits per heavy atom. The van der Waals surface area contributed by atoms with Crippen LogP contribution in [0.25, 0.3) is 11.0 Å². The van der Waals surface area contributed by atoms with E-state index in [4.69, 9.17) is 14.6 Å². The Kier molecular flexibility index (Phi) is 4.29. The minimum Gasteiger partial charge on any atom is -0.490 e. The largest absolute Gasteiger partial charge is 0.490 e. The van der Waals surface area contributed by atoms with E-state index in [2.05, 4.69) is 5.32 Å². The highest BCUT2D eigenvalue weighted by Gasteiger charge is 2.15. The molecule has 0 aliphatic heterocycles. The van der Waals surface area contributed by atoms with Crippen molar-refractivity contribution < 1.29 is 18.3 Å². The average Bonchev–Trinajstić information content (AvgIpc) is 2.57. The number of anilines is 1. The van der Waals surface area contributed by atoms with E-state index in [0.717, 1.165) is 0 Å². The zero-order valence-electron chi connectivity index (χ0n) is 12.9. The van der Waals surface area contributed by atoms with E-state index in [0.29, 0.717) is 23.3 Å². The van der Waals surface area contributed by atoms with Crippen LogP contribution in [-0.4, -0.2) is 12.5 Å². The van der Waals surface area contributed by atoms with Crippen molar-refractivity contribution in [2.75, 3.05) is 11.9 Å². The molecule has 6 heteroatoms. The fourth-order valence-electron chi connectivity index (χ4n) is 2.32. The van der Waals surface area contributed by atoms with Gasteiger partial charge in [-0.25, -0.2) is 4.39 Å². The molecule has 122 valence electrons. The number of para-hydroxylation sites is 2. The maximum atomic E-state index is 13.7. The lowest BCUT2D eigenvalue weighted by Gasteiger charge is -2.09. The number of nitrogens with one attached hydrogen (secondary N) is 2. The highest BCUT2D eigenvalue weighted by Crippen LogP contribution is 2.25. The Hall–Kier alpha value is -3.15. The summed E-state index contributed by atoms with van der Waals surface area (Å²) in [5, 5.41) is 11.0. The molecule has 3 aromatic rings. The first-order valence-corrected chi connectivity index (χ1v) is 7.40. The molecule has 0 unspecified atom stereocenters. The Balaban J connectivity index is 2.01. The van der Waals surface area contributed by atoms with Crippen LogP contribution in [0.2, 0.25) is 0 Å². The van der Waals surface area contributed by atoms with Crippen LogP contribution in [-0.2, 0) is 0 Å². The zero-order chi connectivity index (χ0) is 17.1. The summed E-state index contributed by atoms with van der Waals surface area (Å²) in [5.74, 6) is -0.657. The van der Waals surface area contributed by atoms with Gasteiger partial charge in [-0.15, -0.1) is 0 Å². The number of halogens is 1. The van der Waals surface area contributed by atoms with Crippen LogP contribution in [0.4, 0.5) is 10.1 Å². The molecule has 0 aliphatic carbocycles. The van der Waals surface area contributed by atoms with Gasteiger partial charge < -0.3 is 14.5 Å². The monoisotopic (exact) mass is 326 g/mol. The number of carbonyl (C=O) groups is 1. The van der Waals surface area contributed by atoms with Crippen LogP contribution >= 0.6 is 0 Å². The SMILES string of the molecule is CCOc1cccc2cc(C(=O)Nc3ccccc3F)c(=N)oc12. The number of fused-ring (bicyclic) bond motifs is 1. The molecule has 5 nitrogen and oxygen atoms in total. The lowest BCUT2D eigenvalue weighted by molar-refractivity contribution is 0.102. The van der Waals surface area contributed by atoms with E-state index >= 15 is 0 Å². The molecule has 0 aliphatic rings. The lowest BCUT2D eigenvalue weighted by atomic mass is 10.1. The van der Waals surface area contributed by atoms with Gasteiger partial charge in [0, 0.05) is 5.39 Å². The van der Waals surface area contributed by atoms with Gasteiger partial charge in [-0.2, -0.15) is 0 Å². The number of benzene rings is 2. The molecule has 0 saturated heterocycles. The molecule has 0 saturated carbocycles. The normalized spacial score (nSPS) is 10.6. The van der Waals surface area contributed by atoms with Crippen molar-refractivity contribution in [2.45, 2.75) is 6.92 Å². The quantitative estimate of drug-likeness (QED) is 0.767. The molecule has 2 N–H and O–H groups in total. The molecular formula is C18H15FN2O3. The summed E-state index contributed by atoms with van der Waals surface area (Å²) in [6, 6.07) is 12.6. The maximum absolute atomic E-state index is 13.7. The van der Waals surface area contributed by atoms with Gasteiger partial charge in [-0.05, 0) is 31.2 Å². The molecule has 0 radical (unpaired) electrons. The van der Waals surface area contributed by atoms with Gasteiger partial charge in [0.15, 0.2) is 11.3 Å². The zero-order valence-corrected chi connectivity index (χ0v) is 12.9. The van der Waals surface area contributed by atoms with Gasteiger partial charge in [-0.3, -0.25) is 10.2 Å². The standard InChI is InChI=1S/C18H15FN2O3/c1-2-23-15-9-5-6-11-10-12(17(20)24-16(11)15)18(22)21-14-8-4-3-7-13(14)19/h3-10,20H,2H2,1H3,(H,21,22). The third-order valence-corrected chi connectivity index (χ3v) is 3.42. The first-order chi connectivity index (χ1) is 11.6. The van der Waals surface area contributed by atoms with Crippen molar-refractivity contribution in [3.05, 3.63) is 65.5 Å². The molecule has 24 heavy (non-hydrogen) atoms. The average molecular weight is 326 g/mol. The molecular weight excluding hydrogens is 311 g/mol. The summed E-state index contributed by atoms with van der Waals surface area (Å²) in [6.45, 7) is 2.30. The van der Waals surface area contributed by atoms with E-state index in [1.54, 1.807) is 24.3 Å². The third-order valence-electron chi connectivity index (χ3n) is 3.42. The first kappa shape index (κ1) is 15.7. The van der Waals surface area contributed by atoms with Crippen molar-refractivity contribution in [1.29, 1.82) is 5.41 Å². The maximum Gasteiger partial charge on any atom is 0.261 e. The minimum atomic E-state index is -0.613.